The van der Waals surface area contributed by atoms with Gasteiger partial charge >= 0.3 is 0 Å². The minimum Gasteiger partial charge on any atom is -0.358 e. The topological polar surface area (TPSA) is 0 Å². The third-order valence-corrected chi connectivity index (χ3v) is 0. The van der Waals surface area contributed by atoms with Crippen molar-refractivity contribution in [3.8, 4) is 0 Å². The molecule has 4 heteroatoms. The molecule has 20 valence electrons. The molecule has 0 saturated heterocycles. The molecule has 0 aromatic rings. The second-order valence-corrected chi connectivity index (χ2v) is 0. The molecule has 0 aliphatic heterocycles. The summed E-state index contributed by atoms with van der Waals surface area (Å²) < 4.78 is 0. The number of hydrogen-bond acceptors (Lipinski definition) is 0. The van der Waals surface area contributed by atoms with Crippen molar-refractivity contribution < 1.29 is 131 Å². The Kier molecular flexibility index (Phi) is 162. The van der Waals surface area contributed by atoms with Gasteiger partial charge in [-0.3, -0.25) is 0 Å². The number of hydrogen-bond donors (Lipinski definition) is 0. The van der Waals surface area contributed by atoms with Gasteiger partial charge in [-0.2, -0.15) is 0 Å². The molecule has 0 N–H and O–H groups in total. The minimum absolute atomic E-state index is 0. The van der Waals surface area contributed by atoms with Gasteiger partial charge in [-0.25, -0.2) is 0 Å². The second-order valence-electron chi connectivity index (χ2n) is 0. The molecule has 0 aliphatic carbocycles. The van der Waals surface area contributed by atoms with Crippen LogP contribution >= 0.6 is 0 Å². The molecule has 0 saturated carbocycles. The van der Waals surface area contributed by atoms with E-state index < -0.39 is 0 Å². The molecule has 5 heavy (non-hydrogen) atoms. The van der Waals surface area contributed by atoms with Crippen LogP contribution in [0.1, 0.15) is 0 Å². The van der Waals surface area contributed by atoms with Gasteiger partial charge in [0.1, 0.15) is 0 Å². The predicted octanol–water partition coefficient (Wildman–Crippen LogP) is 0.440. The summed E-state index contributed by atoms with van der Waals surface area (Å²) in [6, 6.07) is 0. The van der Waals surface area contributed by atoms with Crippen molar-refractivity contribution in [2.45, 2.75) is 0 Å². The molecule has 0 rings (SSSR count). The molecular weight excluding hydrogens is 368 g/mol. The van der Waals surface area contributed by atoms with E-state index in [1.165, 1.54) is 0 Å². The smallest absolute Gasteiger partial charge is 0 e. The van der Waals surface area contributed by atoms with Crippen molar-refractivity contribution >= 4 is 0 Å². The van der Waals surface area contributed by atoms with E-state index >= 15 is 0 Å². The van der Waals surface area contributed by atoms with Crippen LogP contribution in [0.4, 0.5) is 0 Å². The van der Waals surface area contributed by atoms with Gasteiger partial charge < -0.3 is 7.43 Å². The van der Waals surface area contributed by atoms with Crippen LogP contribution in [0, 0.1) is 7.43 Å². The van der Waals surface area contributed by atoms with Crippen LogP contribution in [0.3, 0.4) is 0 Å². The Morgan fingerprint density at radius 2 is 0.400 bits per heavy atom. The molecule has 0 bridgehead atoms. The molecule has 0 aromatic carbocycles. The van der Waals surface area contributed by atoms with Crippen LogP contribution in [-0.2, 0) is 131 Å². The third-order valence-electron chi connectivity index (χ3n) is 0. The molecule has 0 heterocycles. The summed E-state index contributed by atoms with van der Waals surface area (Å²) in [5.41, 5.74) is 0. The average molecular weight is 371 g/mol. The molecule has 0 spiro atoms. The average Bonchev–Trinajstić information content (AvgIpc) is 0. The summed E-state index contributed by atoms with van der Waals surface area (Å²) >= 11 is 0. The van der Waals surface area contributed by atoms with E-state index in [1.807, 2.05) is 0 Å². The molecule has 0 amide bonds. The van der Waals surface area contributed by atoms with E-state index in [1.54, 1.807) is 0 Å². The molecule has 0 unspecified atom stereocenters. The summed E-state index contributed by atoms with van der Waals surface area (Å²) in [7, 11) is 0. The standard InChI is InChI=1S/CH3.4Y/h1H3;;;;/q-1;;;;. The van der Waals surface area contributed by atoms with E-state index in [0.29, 0.717) is 0 Å². The normalized spacial score (nSPS) is 0. The van der Waals surface area contributed by atoms with Crippen molar-refractivity contribution in [2.75, 3.05) is 0 Å². The van der Waals surface area contributed by atoms with E-state index in [9.17, 15) is 0 Å². The van der Waals surface area contributed by atoms with Gasteiger partial charge in [0.25, 0.3) is 0 Å². The van der Waals surface area contributed by atoms with Gasteiger partial charge in [-0.15, -0.1) is 0 Å². The SMILES string of the molecule is [CH3-].[Y].[Y].[Y].[Y]. The first-order valence-corrected chi connectivity index (χ1v) is 0. The van der Waals surface area contributed by atoms with Crippen LogP contribution in [0.15, 0.2) is 0 Å². The minimum atomic E-state index is 0. The molecule has 0 nitrogen and oxygen atoms in total. The molecule has 4 radical (unpaired) electrons. The molecule has 0 aliphatic rings. The first-order valence-electron chi connectivity index (χ1n) is 0. The predicted molar refractivity (Wildman–Crippen MR) is 6.41 cm³/mol. The van der Waals surface area contributed by atoms with Crippen molar-refractivity contribution in [3.63, 3.8) is 0 Å². The van der Waals surface area contributed by atoms with Crippen LogP contribution in [0.25, 0.3) is 0 Å². The zero-order chi connectivity index (χ0) is 0. The van der Waals surface area contributed by atoms with Crippen LogP contribution in [0.2, 0.25) is 0 Å². The summed E-state index contributed by atoms with van der Waals surface area (Å²) in [5.74, 6) is 0. The first-order chi connectivity index (χ1) is 0. The molecule has 0 atom stereocenters. The zero-order valence-electron chi connectivity index (χ0n) is 3.31. The molecule has 0 fully saturated rings. The van der Waals surface area contributed by atoms with Gasteiger partial charge in [0.15, 0.2) is 0 Å². The largest absolute Gasteiger partial charge is 0.358 e. The maximum Gasteiger partial charge on any atom is 0 e. The summed E-state index contributed by atoms with van der Waals surface area (Å²) in [5, 5.41) is 0. The van der Waals surface area contributed by atoms with E-state index in [4.69, 9.17) is 0 Å². The molecule has 0 aromatic heterocycles. The van der Waals surface area contributed by atoms with Crippen molar-refractivity contribution in [1.29, 1.82) is 0 Å². The Hall–Kier alpha value is 4.42. The quantitative estimate of drug-likeness (QED) is 0.543. The zero-order valence-corrected chi connectivity index (χ0v) is 14.7. The Morgan fingerprint density at radius 1 is 0.400 bits per heavy atom. The Labute approximate surface area is 134 Å². The van der Waals surface area contributed by atoms with Crippen molar-refractivity contribution in [1.82, 2.24) is 0 Å². The van der Waals surface area contributed by atoms with E-state index in [-0.39, 0.29) is 138 Å². The van der Waals surface area contributed by atoms with Crippen LogP contribution in [-0.4, -0.2) is 0 Å². The van der Waals surface area contributed by atoms with Gasteiger partial charge in [0.05, 0.1) is 0 Å². The third kappa shape index (κ3) is 17.8. The van der Waals surface area contributed by atoms with Gasteiger partial charge in [-0.05, 0) is 0 Å². The van der Waals surface area contributed by atoms with Gasteiger partial charge in [0, 0.05) is 131 Å². The van der Waals surface area contributed by atoms with Crippen LogP contribution < -0.4 is 0 Å². The van der Waals surface area contributed by atoms with E-state index in [2.05, 4.69) is 0 Å². The maximum atomic E-state index is 0. The van der Waals surface area contributed by atoms with Crippen molar-refractivity contribution in [3.05, 3.63) is 7.43 Å². The van der Waals surface area contributed by atoms with Crippen LogP contribution in [0.5, 0.6) is 0 Å². The van der Waals surface area contributed by atoms with Crippen molar-refractivity contribution in [2.24, 2.45) is 0 Å². The maximum absolute atomic E-state index is 0. The first kappa shape index (κ1) is 34.2. The summed E-state index contributed by atoms with van der Waals surface area (Å²) in [4.78, 5) is 0. The fourth-order valence-electron chi connectivity index (χ4n) is 0. The fourth-order valence-corrected chi connectivity index (χ4v) is 0. The van der Waals surface area contributed by atoms with Gasteiger partial charge in [0.2, 0.25) is 0 Å². The second kappa shape index (κ2) is 23.7. The fraction of sp³-hybridized carbons (Fsp3) is 0. The van der Waals surface area contributed by atoms with Gasteiger partial charge in [-0.1, -0.05) is 0 Å². The monoisotopic (exact) mass is 371 g/mol. The number of rotatable bonds is 0. The molecular formula is CH3Y4-. The Bertz CT molecular complexity index is 3.61. The Balaban J connectivity index is 0. The summed E-state index contributed by atoms with van der Waals surface area (Å²) in [6.07, 6.45) is 0. The van der Waals surface area contributed by atoms with E-state index in [0.717, 1.165) is 0 Å². The Morgan fingerprint density at radius 3 is 0.400 bits per heavy atom. The summed E-state index contributed by atoms with van der Waals surface area (Å²) in [6.45, 7) is 0.